The molecule has 0 aliphatic rings. The summed E-state index contributed by atoms with van der Waals surface area (Å²) < 4.78 is 32.3. The lowest BCUT2D eigenvalue weighted by molar-refractivity contribution is -0.161. The number of nitrogens with two attached hydrogens (primary N) is 1. The largest absolute Gasteiger partial charge is 0.472 e. The quantitative estimate of drug-likeness (QED) is 0.0585. The van der Waals surface area contributed by atoms with Gasteiger partial charge in [-0.2, -0.15) is 0 Å². The zero-order chi connectivity index (χ0) is 28.3. The summed E-state index contributed by atoms with van der Waals surface area (Å²) in [5, 5.41) is 0. The van der Waals surface area contributed by atoms with E-state index in [1.807, 2.05) is 0 Å². The summed E-state index contributed by atoms with van der Waals surface area (Å²) in [6.07, 6.45) is 18.7. The van der Waals surface area contributed by atoms with Crippen LogP contribution in [0.4, 0.5) is 0 Å². The Bertz CT molecular complexity index is 620. The molecule has 2 atom stereocenters. The van der Waals surface area contributed by atoms with Gasteiger partial charge in [-0.1, -0.05) is 110 Å². The van der Waals surface area contributed by atoms with Gasteiger partial charge in [0.1, 0.15) is 6.61 Å². The minimum Gasteiger partial charge on any atom is -0.462 e. The van der Waals surface area contributed by atoms with Crippen LogP contribution in [0.1, 0.15) is 136 Å². The predicted molar refractivity (Wildman–Crippen MR) is 151 cm³/mol. The summed E-state index contributed by atoms with van der Waals surface area (Å²) in [7, 11) is -4.34. The number of phosphoric ester groups is 1. The van der Waals surface area contributed by atoms with Crippen LogP contribution in [0.3, 0.4) is 0 Å². The smallest absolute Gasteiger partial charge is 0.462 e. The standard InChI is InChI=1S/C28H56NO8P/c1-3-5-7-9-11-12-13-15-16-18-20-27(30)34-24-26(25-36-38(32,33)35-23-22-29)37-28(31)21-19-17-14-10-8-6-4-2/h26H,3-25,29H2,1-2H3,(H,32,33). The average molecular weight is 566 g/mol. The van der Waals surface area contributed by atoms with E-state index in [1.165, 1.54) is 64.2 Å². The van der Waals surface area contributed by atoms with E-state index in [9.17, 15) is 19.0 Å². The molecule has 0 bridgehead atoms. The van der Waals surface area contributed by atoms with Crippen molar-refractivity contribution in [3.8, 4) is 0 Å². The minimum atomic E-state index is -4.34. The molecule has 0 aliphatic carbocycles. The first-order valence-corrected chi connectivity index (χ1v) is 16.5. The summed E-state index contributed by atoms with van der Waals surface area (Å²) in [6, 6.07) is 0. The molecule has 0 saturated heterocycles. The van der Waals surface area contributed by atoms with Gasteiger partial charge in [0.2, 0.25) is 0 Å². The Labute approximate surface area is 231 Å². The molecule has 226 valence electrons. The van der Waals surface area contributed by atoms with Gasteiger partial charge in [0, 0.05) is 19.4 Å². The fourth-order valence-corrected chi connectivity index (χ4v) is 4.75. The van der Waals surface area contributed by atoms with Gasteiger partial charge < -0.3 is 20.1 Å². The van der Waals surface area contributed by atoms with E-state index in [2.05, 4.69) is 13.8 Å². The molecule has 0 heterocycles. The van der Waals surface area contributed by atoms with Gasteiger partial charge in [-0.3, -0.25) is 18.6 Å². The fraction of sp³-hybridized carbons (Fsp3) is 0.929. The average Bonchev–Trinajstić information content (AvgIpc) is 2.89. The van der Waals surface area contributed by atoms with Crippen molar-refractivity contribution in [2.45, 2.75) is 142 Å². The Balaban J connectivity index is 4.32. The number of carbonyl (C=O) groups excluding carboxylic acids is 2. The van der Waals surface area contributed by atoms with E-state index in [0.29, 0.717) is 6.42 Å². The number of rotatable bonds is 28. The van der Waals surface area contributed by atoms with Gasteiger partial charge in [-0.15, -0.1) is 0 Å². The Morgan fingerprint density at radius 1 is 0.684 bits per heavy atom. The number of esters is 2. The first-order valence-electron chi connectivity index (χ1n) is 15.0. The van der Waals surface area contributed by atoms with Gasteiger partial charge in [-0.25, -0.2) is 4.57 Å². The molecule has 0 radical (unpaired) electrons. The molecule has 38 heavy (non-hydrogen) atoms. The molecular formula is C28H56NO8P. The van der Waals surface area contributed by atoms with Crippen molar-refractivity contribution in [2.75, 3.05) is 26.4 Å². The van der Waals surface area contributed by atoms with Crippen molar-refractivity contribution >= 4 is 19.8 Å². The van der Waals surface area contributed by atoms with Crippen molar-refractivity contribution in [2.24, 2.45) is 5.73 Å². The van der Waals surface area contributed by atoms with Crippen molar-refractivity contribution in [3.63, 3.8) is 0 Å². The van der Waals surface area contributed by atoms with Gasteiger partial charge >= 0.3 is 19.8 Å². The van der Waals surface area contributed by atoms with Crippen molar-refractivity contribution in [1.82, 2.24) is 0 Å². The number of unbranched alkanes of at least 4 members (excludes halogenated alkanes) is 15. The minimum absolute atomic E-state index is 0.0569. The molecule has 0 spiro atoms. The third kappa shape index (κ3) is 25.3. The van der Waals surface area contributed by atoms with Crippen LogP contribution in [-0.2, 0) is 32.7 Å². The second kappa shape index (κ2) is 26.2. The molecule has 0 fully saturated rings. The number of phosphoric acid groups is 1. The number of ether oxygens (including phenoxy) is 2. The van der Waals surface area contributed by atoms with Crippen LogP contribution in [0, 0.1) is 0 Å². The molecule has 0 aromatic heterocycles. The maximum Gasteiger partial charge on any atom is 0.472 e. The van der Waals surface area contributed by atoms with E-state index in [1.54, 1.807) is 0 Å². The van der Waals surface area contributed by atoms with Gasteiger partial charge in [0.15, 0.2) is 6.10 Å². The van der Waals surface area contributed by atoms with Crippen molar-refractivity contribution in [1.29, 1.82) is 0 Å². The molecule has 0 aliphatic heterocycles. The number of hydrogen-bond acceptors (Lipinski definition) is 8. The highest BCUT2D eigenvalue weighted by molar-refractivity contribution is 7.47. The Morgan fingerprint density at radius 2 is 1.13 bits per heavy atom. The topological polar surface area (TPSA) is 134 Å². The summed E-state index contributed by atoms with van der Waals surface area (Å²) in [5.41, 5.74) is 5.29. The molecule has 10 heteroatoms. The molecule has 0 aromatic rings. The fourth-order valence-electron chi connectivity index (χ4n) is 3.98. The molecule has 9 nitrogen and oxygen atoms in total. The first-order chi connectivity index (χ1) is 18.3. The van der Waals surface area contributed by atoms with Crippen LogP contribution in [0.25, 0.3) is 0 Å². The maximum atomic E-state index is 12.3. The third-order valence-electron chi connectivity index (χ3n) is 6.24. The lowest BCUT2D eigenvalue weighted by Crippen LogP contribution is -2.29. The SMILES string of the molecule is CCCCCCCCCCCCC(=O)OCC(COP(=O)(O)OCCN)OC(=O)CCCCCCCCC. The molecule has 2 unspecified atom stereocenters. The van der Waals surface area contributed by atoms with E-state index in [-0.39, 0.29) is 38.6 Å². The highest BCUT2D eigenvalue weighted by Gasteiger charge is 2.25. The normalized spacial score (nSPS) is 13.7. The Hall–Kier alpha value is -0.990. The Morgan fingerprint density at radius 3 is 1.61 bits per heavy atom. The number of hydrogen-bond donors (Lipinski definition) is 2. The monoisotopic (exact) mass is 565 g/mol. The summed E-state index contributed by atoms with van der Waals surface area (Å²) in [6.45, 7) is 3.64. The highest BCUT2D eigenvalue weighted by Crippen LogP contribution is 2.43. The summed E-state index contributed by atoms with van der Waals surface area (Å²) in [4.78, 5) is 34.2. The summed E-state index contributed by atoms with van der Waals surface area (Å²) in [5.74, 6) is -0.835. The van der Waals surface area contributed by atoms with Gasteiger partial charge in [0.05, 0.1) is 13.2 Å². The molecule has 0 saturated carbocycles. The van der Waals surface area contributed by atoms with E-state index < -0.39 is 26.5 Å². The predicted octanol–water partition coefficient (Wildman–Crippen LogP) is 6.99. The molecule has 0 amide bonds. The van der Waals surface area contributed by atoms with Crippen LogP contribution in [-0.4, -0.2) is 49.3 Å². The zero-order valence-electron chi connectivity index (χ0n) is 24.2. The van der Waals surface area contributed by atoms with Crippen LogP contribution < -0.4 is 5.73 Å². The van der Waals surface area contributed by atoms with Crippen LogP contribution >= 0.6 is 7.82 Å². The third-order valence-corrected chi connectivity index (χ3v) is 7.23. The molecule has 3 N–H and O–H groups in total. The van der Waals surface area contributed by atoms with Crippen LogP contribution in [0.15, 0.2) is 0 Å². The first kappa shape index (κ1) is 37.0. The van der Waals surface area contributed by atoms with E-state index >= 15 is 0 Å². The van der Waals surface area contributed by atoms with Crippen LogP contribution in [0.5, 0.6) is 0 Å². The maximum absolute atomic E-state index is 12.3. The zero-order valence-corrected chi connectivity index (χ0v) is 25.1. The van der Waals surface area contributed by atoms with Crippen molar-refractivity contribution in [3.05, 3.63) is 0 Å². The second-order valence-electron chi connectivity index (χ2n) is 9.98. The van der Waals surface area contributed by atoms with Crippen LogP contribution in [0.2, 0.25) is 0 Å². The molecule has 0 rings (SSSR count). The molecule has 0 aromatic carbocycles. The van der Waals surface area contributed by atoms with Crippen molar-refractivity contribution < 1.29 is 37.6 Å². The summed E-state index contributed by atoms with van der Waals surface area (Å²) >= 11 is 0. The van der Waals surface area contributed by atoms with Gasteiger partial charge in [0.25, 0.3) is 0 Å². The molecular weight excluding hydrogens is 509 g/mol. The van der Waals surface area contributed by atoms with Gasteiger partial charge in [-0.05, 0) is 12.8 Å². The highest BCUT2D eigenvalue weighted by atomic mass is 31.2. The Kier molecular flexibility index (Phi) is 25.6. The van der Waals surface area contributed by atoms with E-state index in [4.69, 9.17) is 24.3 Å². The second-order valence-corrected chi connectivity index (χ2v) is 11.4. The number of carbonyl (C=O) groups is 2. The lowest BCUT2D eigenvalue weighted by Gasteiger charge is -2.19. The van der Waals surface area contributed by atoms with E-state index in [0.717, 1.165) is 38.5 Å². The lowest BCUT2D eigenvalue weighted by atomic mass is 10.1.